The molecule has 0 aromatic carbocycles. The van der Waals surface area contributed by atoms with E-state index in [1.54, 1.807) is 0 Å². The van der Waals surface area contributed by atoms with Crippen LogP contribution >= 0.6 is 0 Å². The quantitative estimate of drug-likeness (QED) is 0.747. The Balaban J connectivity index is 2.65. The summed E-state index contributed by atoms with van der Waals surface area (Å²) in [7, 11) is 0. The third kappa shape index (κ3) is 4.41. The first kappa shape index (κ1) is 15.2. The lowest BCUT2D eigenvalue weighted by Crippen LogP contribution is -2.17. The van der Waals surface area contributed by atoms with Crippen molar-refractivity contribution in [3.8, 4) is 0 Å². The molecule has 0 amide bonds. The van der Waals surface area contributed by atoms with E-state index >= 15 is 0 Å². The van der Waals surface area contributed by atoms with Gasteiger partial charge in [0.25, 0.3) is 0 Å². The van der Waals surface area contributed by atoms with E-state index in [0.29, 0.717) is 0 Å². The highest BCUT2D eigenvalue weighted by molar-refractivity contribution is 5.26. The Morgan fingerprint density at radius 2 is 2.06 bits per heavy atom. The van der Waals surface area contributed by atoms with Crippen LogP contribution in [-0.4, -0.2) is 4.98 Å². The van der Waals surface area contributed by atoms with Crippen molar-refractivity contribution in [2.45, 2.75) is 65.3 Å². The molecule has 0 aliphatic carbocycles. The van der Waals surface area contributed by atoms with Gasteiger partial charge in [0.2, 0.25) is 0 Å². The maximum atomic E-state index is 6.39. The minimum Gasteiger partial charge on any atom is -0.324 e. The van der Waals surface area contributed by atoms with Gasteiger partial charge in [0.05, 0.1) is 0 Å². The molecule has 2 N–H and O–H groups in total. The number of rotatable bonds is 8. The fourth-order valence-corrected chi connectivity index (χ4v) is 2.56. The molecule has 0 aliphatic rings. The smallest absolute Gasteiger partial charge is 0.0303 e. The SMILES string of the molecule is CCCCC(CC)CC(N)c1ccncc1CC. The number of hydrogen-bond acceptors (Lipinski definition) is 2. The third-order valence-corrected chi connectivity index (χ3v) is 3.85. The summed E-state index contributed by atoms with van der Waals surface area (Å²) in [5.41, 5.74) is 8.99. The molecule has 18 heavy (non-hydrogen) atoms. The number of nitrogens with zero attached hydrogens (tertiary/aromatic N) is 1. The van der Waals surface area contributed by atoms with Gasteiger partial charge in [0.1, 0.15) is 0 Å². The van der Waals surface area contributed by atoms with Gasteiger partial charge >= 0.3 is 0 Å². The third-order valence-electron chi connectivity index (χ3n) is 3.85. The van der Waals surface area contributed by atoms with Gasteiger partial charge in [-0.3, -0.25) is 4.98 Å². The lowest BCUT2D eigenvalue weighted by Gasteiger charge is -2.21. The van der Waals surface area contributed by atoms with Crippen LogP contribution in [0.1, 0.15) is 70.0 Å². The molecule has 2 unspecified atom stereocenters. The Labute approximate surface area is 112 Å². The van der Waals surface area contributed by atoms with Crippen molar-refractivity contribution in [3.05, 3.63) is 29.6 Å². The lowest BCUT2D eigenvalue weighted by molar-refractivity contribution is 0.387. The van der Waals surface area contributed by atoms with E-state index in [9.17, 15) is 0 Å². The van der Waals surface area contributed by atoms with E-state index in [-0.39, 0.29) is 6.04 Å². The second-order valence-electron chi connectivity index (χ2n) is 5.19. The highest BCUT2D eigenvalue weighted by atomic mass is 14.7. The van der Waals surface area contributed by atoms with Crippen LogP contribution in [0.4, 0.5) is 0 Å². The first-order chi connectivity index (χ1) is 8.72. The number of hydrogen-bond donors (Lipinski definition) is 1. The van der Waals surface area contributed by atoms with Crippen LogP contribution in [0.5, 0.6) is 0 Å². The fourth-order valence-electron chi connectivity index (χ4n) is 2.56. The minimum atomic E-state index is 0.171. The van der Waals surface area contributed by atoms with Crippen LogP contribution in [-0.2, 0) is 6.42 Å². The van der Waals surface area contributed by atoms with Gasteiger partial charge in [0, 0.05) is 18.4 Å². The maximum Gasteiger partial charge on any atom is 0.0303 e. The van der Waals surface area contributed by atoms with Gasteiger partial charge in [-0.05, 0) is 36.0 Å². The predicted octanol–water partition coefficient (Wildman–Crippen LogP) is 4.25. The van der Waals surface area contributed by atoms with Gasteiger partial charge in [-0.25, -0.2) is 0 Å². The van der Waals surface area contributed by atoms with Gasteiger partial charge in [0.15, 0.2) is 0 Å². The number of pyridine rings is 1. The fraction of sp³-hybridized carbons (Fsp3) is 0.688. The molecule has 1 rings (SSSR count). The van der Waals surface area contributed by atoms with Gasteiger partial charge in [-0.2, -0.15) is 0 Å². The molecule has 1 heterocycles. The van der Waals surface area contributed by atoms with E-state index in [4.69, 9.17) is 5.73 Å². The second-order valence-corrected chi connectivity index (χ2v) is 5.19. The van der Waals surface area contributed by atoms with Gasteiger partial charge < -0.3 is 5.73 Å². The summed E-state index contributed by atoms with van der Waals surface area (Å²) in [5.74, 6) is 0.762. The number of nitrogens with two attached hydrogens (primary N) is 1. The molecule has 0 aliphatic heterocycles. The molecule has 102 valence electrons. The van der Waals surface area contributed by atoms with Crippen LogP contribution in [0.25, 0.3) is 0 Å². The summed E-state index contributed by atoms with van der Waals surface area (Å²) in [5, 5.41) is 0. The molecule has 1 aromatic rings. The summed E-state index contributed by atoms with van der Waals surface area (Å²) in [6.07, 6.45) is 11.1. The van der Waals surface area contributed by atoms with Crippen LogP contribution < -0.4 is 5.73 Å². The molecule has 1 aromatic heterocycles. The summed E-state index contributed by atoms with van der Waals surface area (Å²) < 4.78 is 0. The summed E-state index contributed by atoms with van der Waals surface area (Å²) in [4.78, 5) is 4.19. The highest BCUT2D eigenvalue weighted by Crippen LogP contribution is 2.26. The van der Waals surface area contributed by atoms with Crippen LogP contribution in [0.2, 0.25) is 0 Å². The van der Waals surface area contributed by atoms with Crippen molar-refractivity contribution in [1.29, 1.82) is 0 Å². The van der Waals surface area contributed by atoms with Crippen molar-refractivity contribution < 1.29 is 0 Å². The second kappa shape index (κ2) is 8.25. The zero-order valence-electron chi connectivity index (χ0n) is 12.2. The van der Waals surface area contributed by atoms with Crippen LogP contribution in [0, 0.1) is 5.92 Å². The predicted molar refractivity (Wildman–Crippen MR) is 78.5 cm³/mol. The van der Waals surface area contributed by atoms with Crippen LogP contribution in [0.15, 0.2) is 18.5 Å². The van der Waals surface area contributed by atoms with Gasteiger partial charge in [-0.15, -0.1) is 0 Å². The van der Waals surface area contributed by atoms with Gasteiger partial charge in [-0.1, -0.05) is 46.5 Å². The van der Waals surface area contributed by atoms with E-state index in [1.165, 1.54) is 36.8 Å². The van der Waals surface area contributed by atoms with E-state index in [2.05, 4.69) is 31.8 Å². The topological polar surface area (TPSA) is 38.9 Å². The lowest BCUT2D eigenvalue weighted by atomic mass is 9.88. The Hall–Kier alpha value is -0.890. The maximum absolute atomic E-state index is 6.39. The Kier molecular flexibility index (Phi) is 6.96. The number of unbranched alkanes of at least 4 members (excludes halogenated alkanes) is 1. The van der Waals surface area contributed by atoms with Crippen molar-refractivity contribution in [3.63, 3.8) is 0 Å². The summed E-state index contributed by atoms with van der Waals surface area (Å²) in [6.45, 7) is 6.70. The monoisotopic (exact) mass is 248 g/mol. The van der Waals surface area contributed by atoms with Crippen molar-refractivity contribution in [2.24, 2.45) is 11.7 Å². The van der Waals surface area contributed by atoms with Crippen molar-refractivity contribution in [1.82, 2.24) is 4.98 Å². The first-order valence-corrected chi connectivity index (χ1v) is 7.41. The molecule has 2 nitrogen and oxygen atoms in total. The average molecular weight is 248 g/mol. The molecule has 0 bridgehead atoms. The molecule has 0 saturated heterocycles. The first-order valence-electron chi connectivity index (χ1n) is 7.41. The van der Waals surface area contributed by atoms with Crippen LogP contribution in [0.3, 0.4) is 0 Å². The Bertz CT molecular complexity index is 336. The largest absolute Gasteiger partial charge is 0.324 e. The zero-order chi connectivity index (χ0) is 13.4. The molecule has 0 fully saturated rings. The van der Waals surface area contributed by atoms with Crippen molar-refractivity contribution >= 4 is 0 Å². The van der Waals surface area contributed by atoms with Crippen molar-refractivity contribution in [2.75, 3.05) is 0 Å². The average Bonchev–Trinajstić information content (AvgIpc) is 2.43. The molecule has 0 spiro atoms. The van der Waals surface area contributed by atoms with E-state index in [1.807, 2.05) is 12.4 Å². The summed E-state index contributed by atoms with van der Waals surface area (Å²) >= 11 is 0. The Morgan fingerprint density at radius 3 is 2.67 bits per heavy atom. The normalized spacial score (nSPS) is 14.4. The molecule has 2 atom stereocenters. The molecular weight excluding hydrogens is 220 g/mol. The number of aryl methyl sites for hydroxylation is 1. The van der Waals surface area contributed by atoms with E-state index < -0.39 is 0 Å². The molecular formula is C16H28N2. The summed E-state index contributed by atoms with van der Waals surface area (Å²) in [6, 6.07) is 2.26. The Morgan fingerprint density at radius 1 is 1.28 bits per heavy atom. The van der Waals surface area contributed by atoms with E-state index in [0.717, 1.165) is 18.8 Å². The standard InChI is InChI=1S/C16H28N2/c1-4-7-8-13(5-2)11-16(17)15-9-10-18-12-14(15)6-3/h9-10,12-13,16H,4-8,11,17H2,1-3H3. The molecule has 0 radical (unpaired) electrons. The molecule has 0 saturated carbocycles. The minimum absolute atomic E-state index is 0.171. The number of aromatic nitrogens is 1. The zero-order valence-corrected chi connectivity index (χ0v) is 12.2. The highest BCUT2D eigenvalue weighted by Gasteiger charge is 2.15. The molecule has 2 heteroatoms.